The molecule has 0 unspecified atom stereocenters. The third-order valence-corrected chi connectivity index (χ3v) is 4.93. The minimum absolute atomic E-state index is 0.232. The number of hydrogen-bond donors (Lipinski definition) is 1. The van der Waals surface area contributed by atoms with Crippen LogP contribution in [0.2, 0.25) is 5.02 Å². The van der Waals surface area contributed by atoms with Crippen molar-refractivity contribution in [1.82, 2.24) is 19.4 Å². The summed E-state index contributed by atoms with van der Waals surface area (Å²) in [7, 11) is 0. The number of halogens is 1. The van der Waals surface area contributed by atoms with Crippen molar-refractivity contribution in [3.05, 3.63) is 81.4 Å². The third kappa shape index (κ3) is 3.77. The molecule has 2 heterocycles. The molecule has 0 spiro atoms. The number of amides is 1. The number of aromatic nitrogens is 4. The minimum atomic E-state index is -0.397. The molecule has 0 bridgehead atoms. The summed E-state index contributed by atoms with van der Waals surface area (Å²) in [6.07, 6.45) is 1.42. The first kappa shape index (κ1) is 18.9. The second kappa shape index (κ2) is 7.52. The Balaban J connectivity index is 1.64. The van der Waals surface area contributed by atoms with Gasteiger partial charge < -0.3 is 5.32 Å². The van der Waals surface area contributed by atoms with Crippen LogP contribution in [0.4, 0.5) is 5.69 Å². The van der Waals surface area contributed by atoms with Crippen LogP contribution in [-0.4, -0.2) is 25.3 Å². The highest BCUT2D eigenvalue weighted by Crippen LogP contribution is 2.24. The third-order valence-electron chi connectivity index (χ3n) is 4.60. The fourth-order valence-corrected chi connectivity index (χ4v) is 3.27. The number of para-hydroxylation sites is 1. The number of rotatable bonds is 4. The highest BCUT2D eigenvalue weighted by molar-refractivity contribution is 6.33. The number of nitrogens with zero attached hydrogens (tertiary/aromatic N) is 4. The van der Waals surface area contributed by atoms with Gasteiger partial charge in [0.25, 0.3) is 5.56 Å². The minimum Gasteiger partial charge on any atom is -0.323 e. The van der Waals surface area contributed by atoms with E-state index in [-0.39, 0.29) is 6.54 Å². The lowest BCUT2D eigenvalue weighted by Crippen LogP contribution is -2.30. The van der Waals surface area contributed by atoms with Crippen molar-refractivity contribution < 1.29 is 4.79 Å². The van der Waals surface area contributed by atoms with Crippen molar-refractivity contribution in [3.8, 4) is 11.3 Å². The van der Waals surface area contributed by atoms with Crippen LogP contribution in [0.5, 0.6) is 0 Å². The van der Waals surface area contributed by atoms with E-state index < -0.39 is 11.5 Å². The fraction of sp³-hybridized carbons (Fsp3) is 0.143. The Morgan fingerprint density at radius 3 is 2.72 bits per heavy atom. The molecule has 0 fully saturated rings. The maximum atomic E-state index is 12.8. The van der Waals surface area contributed by atoms with Crippen LogP contribution in [0.3, 0.4) is 0 Å². The first-order chi connectivity index (χ1) is 13.9. The number of hydrogen-bond acceptors (Lipinski definition) is 4. The van der Waals surface area contributed by atoms with Gasteiger partial charge in [0, 0.05) is 5.56 Å². The summed E-state index contributed by atoms with van der Waals surface area (Å²) in [4.78, 5) is 25.2. The van der Waals surface area contributed by atoms with Crippen LogP contribution >= 0.6 is 11.6 Å². The molecular formula is C21H18ClN5O2. The van der Waals surface area contributed by atoms with Gasteiger partial charge in [-0.15, -0.1) is 0 Å². The topological polar surface area (TPSA) is 81.3 Å². The van der Waals surface area contributed by atoms with Crippen LogP contribution in [0, 0.1) is 13.8 Å². The molecule has 1 amide bonds. The van der Waals surface area contributed by atoms with Gasteiger partial charge in [-0.25, -0.2) is 9.20 Å². The Morgan fingerprint density at radius 1 is 1.14 bits per heavy atom. The van der Waals surface area contributed by atoms with Gasteiger partial charge in [0.1, 0.15) is 18.4 Å². The number of carbonyl (C=O) groups is 1. The van der Waals surface area contributed by atoms with Crippen LogP contribution in [0.15, 0.2) is 59.7 Å². The number of nitrogens with one attached hydrogen (secondary N) is 1. The molecule has 0 radical (unpaired) electrons. The summed E-state index contributed by atoms with van der Waals surface area (Å²) in [5.74, 6) is -0.397. The molecule has 0 aliphatic heterocycles. The summed E-state index contributed by atoms with van der Waals surface area (Å²) in [5.41, 5.74) is 4.24. The normalized spacial score (nSPS) is 11.0. The number of benzene rings is 2. The Hall–Kier alpha value is -3.45. The Kier molecular flexibility index (Phi) is 4.90. The number of carbonyl (C=O) groups excluding carboxylic acids is 1. The van der Waals surface area contributed by atoms with Crippen LogP contribution < -0.4 is 10.9 Å². The molecule has 0 saturated carbocycles. The quantitative estimate of drug-likeness (QED) is 0.561. The van der Waals surface area contributed by atoms with Crippen molar-refractivity contribution >= 4 is 28.7 Å². The molecule has 2 aromatic heterocycles. The van der Waals surface area contributed by atoms with Crippen molar-refractivity contribution in [2.75, 3.05) is 5.32 Å². The molecule has 7 nitrogen and oxygen atoms in total. The SMILES string of the molecule is Cc1ccc(C)c(-c2cc3c(=O)n(CC(=O)Nc4ccccc4Cl)ncn3n2)c1. The molecule has 8 heteroatoms. The number of anilines is 1. The van der Waals surface area contributed by atoms with E-state index in [1.165, 1.54) is 10.8 Å². The van der Waals surface area contributed by atoms with Crippen LogP contribution in [-0.2, 0) is 11.3 Å². The van der Waals surface area contributed by atoms with E-state index in [0.717, 1.165) is 21.4 Å². The van der Waals surface area contributed by atoms with Gasteiger partial charge in [0.15, 0.2) is 0 Å². The van der Waals surface area contributed by atoms with Gasteiger partial charge in [-0.3, -0.25) is 9.59 Å². The van der Waals surface area contributed by atoms with Crippen molar-refractivity contribution in [2.45, 2.75) is 20.4 Å². The summed E-state index contributed by atoms with van der Waals surface area (Å²) in [6, 6.07) is 14.7. The average molecular weight is 408 g/mol. The Morgan fingerprint density at radius 2 is 1.93 bits per heavy atom. The first-order valence-corrected chi connectivity index (χ1v) is 9.37. The summed E-state index contributed by atoms with van der Waals surface area (Å²) in [5, 5.41) is 11.6. The molecule has 0 atom stereocenters. The molecule has 0 saturated heterocycles. The maximum absolute atomic E-state index is 12.8. The lowest BCUT2D eigenvalue weighted by atomic mass is 10.0. The summed E-state index contributed by atoms with van der Waals surface area (Å²) >= 11 is 6.06. The molecule has 4 rings (SSSR count). The molecule has 2 aromatic carbocycles. The lowest BCUT2D eigenvalue weighted by molar-refractivity contribution is -0.117. The smallest absolute Gasteiger partial charge is 0.293 e. The molecule has 0 aliphatic carbocycles. The summed E-state index contributed by atoms with van der Waals surface area (Å²) < 4.78 is 2.54. The lowest BCUT2D eigenvalue weighted by Gasteiger charge is -2.08. The molecule has 29 heavy (non-hydrogen) atoms. The van der Waals surface area contributed by atoms with Crippen molar-refractivity contribution in [3.63, 3.8) is 0 Å². The molecule has 1 N–H and O–H groups in total. The summed E-state index contributed by atoms with van der Waals surface area (Å²) in [6.45, 7) is 3.77. The zero-order valence-corrected chi connectivity index (χ0v) is 16.6. The van der Waals surface area contributed by atoms with Gasteiger partial charge in [-0.2, -0.15) is 10.2 Å². The fourth-order valence-electron chi connectivity index (χ4n) is 3.08. The second-order valence-electron chi connectivity index (χ2n) is 6.80. The van der Waals surface area contributed by atoms with E-state index in [4.69, 9.17) is 11.6 Å². The second-order valence-corrected chi connectivity index (χ2v) is 7.21. The standard InChI is InChI=1S/C21H18ClN5O2/c1-13-7-8-14(2)15(9-13)18-10-19-21(29)26(23-12-27(19)25-18)11-20(28)24-17-6-4-3-5-16(17)22/h3-10,12H,11H2,1-2H3,(H,24,28). The van der Waals surface area contributed by atoms with E-state index in [1.807, 2.05) is 32.0 Å². The van der Waals surface area contributed by atoms with Gasteiger partial charge in [-0.05, 0) is 43.7 Å². The molecule has 0 aliphatic rings. The van der Waals surface area contributed by atoms with Gasteiger partial charge in [-0.1, -0.05) is 41.4 Å². The Bertz CT molecular complexity index is 1290. The van der Waals surface area contributed by atoms with Gasteiger partial charge >= 0.3 is 0 Å². The highest BCUT2D eigenvalue weighted by atomic mass is 35.5. The van der Waals surface area contributed by atoms with E-state index >= 15 is 0 Å². The van der Waals surface area contributed by atoms with Crippen molar-refractivity contribution in [2.24, 2.45) is 0 Å². The number of fused-ring (bicyclic) bond motifs is 1. The molecular weight excluding hydrogens is 390 g/mol. The predicted molar refractivity (Wildman–Crippen MR) is 112 cm³/mol. The Labute approximate surface area is 171 Å². The highest BCUT2D eigenvalue weighted by Gasteiger charge is 2.14. The van der Waals surface area contributed by atoms with E-state index in [0.29, 0.717) is 21.9 Å². The van der Waals surface area contributed by atoms with Gasteiger partial charge in [0.2, 0.25) is 5.91 Å². The van der Waals surface area contributed by atoms with E-state index in [9.17, 15) is 9.59 Å². The number of aryl methyl sites for hydroxylation is 2. The zero-order valence-electron chi connectivity index (χ0n) is 15.9. The van der Waals surface area contributed by atoms with E-state index in [2.05, 4.69) is 15.5 Å². The first-order valence-electron chi connectivity index (χ1n) is 9.00. The monoisotopic (exact) mass is 407 g/mol. The van der Waals surface area contributed by atoms with Crippen molar-refractivity contribution in [1.29, 1.82) is 0 Å². The zero-order chi connectivity index (χ0) is 20.5. The molecule has 146 valence electrons. The predicted octanol–water partition coefficient (Wildman–Crippen LogP) is 3.47. The average Bonchev–Trinajstić information content (AvgIpc) is 3.13. The van der Waals surface area contributed by atoms with Crippen LogP contribution in [0.25, 0.3) is 16.8 Å². The van der Waals surface area contributed by atoms with Gasteiger partial charge in [0.05, 0.1) is 16.4 Å². The molecule has 4 aromatic rings. The van der Waals surface area contributed by atoms with E-state index in [1.54, 1.807) is 30.3 Å². The maximum Gasteiger partial charge on any atom is 0.293 e. The largest absolute Gasteiger partial charge is 0.323 e. The van der Waals surface area contributed by atoms with Crippen LogP contribution in [0.1, 0.15) is 11.1 Å².